The molecular formula is C18H19FN2OS. The number of hydrogen-bond acceptors (Lipinski definition) is 3. The lowest BCUT2D eigenvalue weighted by molar-refractivity contribution is 0.485. The Morgan fingerprint density at radius 1 is 1.26 bits per heavy atom. The number of rotatable bonds is 5. The van der Waals surface area contributed by atoms with Gasteiger partial charge in [-0.1, -0.05) is 25.5 Å². The van der Waals surface area contributed by atoms with E-state index in [0.717, 1.165) is 29.1 Å². The van der Waals surface area contributed by atoms with Crippen molar-refractivity contribution in [2.24, 2.45) is 4.99 Å². The summed E-state index contributed by atoms with van der Waals surface area (Å²) in [5.41, 5.74) is 1.34. The van der Waals surface area contributed by atoms with E-state index in [9.17, 15) is 4.39 Å². The minimum absolute atomic E-state index is 0.261. The molecule has 0 saturated carbocycles. The quantitative estimate of drug-likeness (QED) is 0.604. The second-order valence-corrected chi connectivity index (χ2v) is 6.29. The number of thiazole rings is 1. The number of aromatic nitrogens is 1. The summed E-state index contributed by atoms with van der Waals surface area (Å²) < 4.78 is 21.6. The topological polar surface area (TPSA) is 30.4 Å². The van der Waals surface area contributed by atoms with E-state index in [0.29, 0.717) is 5.69 Å². The van der Waals surface area contributed by atoms with Crippen LogP contribution in [0, 0.1) is 5.82 Å². The number of benzene rings is 1. The van der Waals surface area contributed by atoms with Gasteiger partial charge in [-0.2, -0.15) is 0 Å². The minimum atomic E-state index is -0.310. The third kappa shape index (κ3) is 3.29. The predicted molar refractivity (Wildman–Crippen MR) is 91.3 cm³/mol. The van der Waals surface area contributed by atoms with Gasteiger partial charge in [0.25, 0.3) is 0 Å². The van der Waals surface area contributed by atoms with E-state index in [1.807, 2.05) is 17.5 Å². The molecule has 3 aromatic rings. The van der Waals surface area contributed by atoms with E-state index < -0.39 is 0 Å². The van der Waals surface area contributed by atoms with Gasteiger partial charge in [0.1, 0.15) is 11.5 Å². The average molecular weight is 330 g/mol. The molecule has 0 spiro atoms. The minimum Gasteiger partial charge on any atom is -0.463 e. The van der Waals surface area contributed by atoms with Crippen LogP contribution in [0.4, 0.5) is 10.1 Å². The van der Waals surface area contributed by atoms with Crippen LogP contribution in [0.5, 0.6) is 0 Å². The second kappa shape index (κ2) is 6.96. The van der Waals surface area contributed by atoms with Crippen LogP contribution in [0.2, 0.25) is 0 Å². The molecule has 5 heteroatoms. The van der Waals surface area contributed by atoms with Gasteiger partial charge >= 0.3 is 0 Å². The van der Waals surface area contributed by atoms with Crippen molar-refractivity contribution >= 4 is 17.0 Å². The molecular weight excluding hydrogens is 311 g/mol. The van der Waals surface area contributed by atoms with Crippen molar-refractivity contribution in [3.8, 4) is 11.5 Å². The standard InChI is InChI=1S/C18H19FN2OS/c1-3-7-13(2)21-16(17-10-6-11-22-17)12-23-18(21)20-15-9-5-4-8-14(15)19/h4-6,8-13H,3,7H2,1-2H3. The highest BCUT2D eigenvalue weighted by Crippen LogP contribution is 2.26. The molecule has 1 unspecified atom stereocenters. The molecule has 0 N–H and O–H groups in total. The fourth-order valence-corrected chi connectivity index (χ4v) is 3.61. The SMILES string of the molecule is CCCC(C)n1c(-c2ccco2)csc1=Nc1ccccc1F. The Labute approximate surface area is 138 Å². The molecule has 0 fully saturated rings. The Hall–Kier alpha value is -2.14. The van der Waals surface area contributed by atoms with Crippen LogP contribution in [0.15, 0.2) is 57.5 Å². The first-order valence-electron chi connectivity index (χ1n) is 7.74. The van der Waals surface area contributed by atoms with E-state index >= 15 is 0 Å². The summed E-state index contributed by atoms with van der Waals surface area (Å²) in [5.74, 6) is 0.495. The van der Waals surface area contributed by atoms with Crippen LogP contribution < -0.4 is 4.80 Å². The van der Waals surface area contributed by atoms with Gasteiger partial charge in [-0.25, -0.2) is 9.38 Å². The maximum absolute atomic E-state index is 13.9. The van der Waals surface area contributed by atoms with Crippen molar-refractivity contribution in [3.05, 3.63) is 58.7 Å². The van der Waals surface area contributed by atoms with E-state index in [4.69, 9.17) is 4.42 Å². The maximum atomic E-state index is 13.9. The van der Waals surface area contributed by atoms with Gasteiger partial charge in [-0.15, -0.1) is 11.3 Å². The van der Waals surface area contributed by atoms with Gasteiger partial charge in [0.05, 0.1) is 12.0 Å². The van der Waals surface area contributed by atoms with Crippen LogP contribution in [0.3, 0.4) is 0 Å². The zero-order valence-corrected chi connectivity index (χ0v) is 14.0. The molecule has 23 heavy (non-hydrogen) atoms. The summed E-state index contributed by atoms with van der Waals surface area (Å²) >= 11 is 1.50. The molecule has 0 saturated heterocycles. The summed E-state index contributed by atoms with van der Waals surface area (Å²) in [6.07, 6.45) is 3.76. The predicted octanol–water partition coefficient (Wildman–Crippen LogP) is 5.54. The lowest BCUT2D eigenvalue weighted by Gasteiger charge is -2.15. The number of nitrogens with zero attached hydrogens (tertiary/aromatic N) is 2. The molecule has 0 radical (unpaired) electrons. The average Bonchev–Trinajstić information content (AvgIpc) is 3.19. The van der Waals surface area contributed by atoms with Gasteiger partial charge in [-0.05, 0) is 37.6 Å². The van der Waals surface area contributed by atoms with Crippen LogP contribution in [0.25, 0.3) is 11.5 Å². The fraction of sp³-hybridized carbons (Fsp3) is 0.278. The van der Waals surface area contributed by atoms with Gasteiger partial charge in [0.15, 0.2) is 10.6 Å². The highest BCUT2D eigenvalue weighted by Gasteiger charge is 2.15. The summed E-state index contributed by atoms with van der Waals surface area (Å²) in [6, 6.07) is 10.7. The molecule has 120 valence electrons. The fourth-order valence-electron chi connectivity index (χ4n) is 2.62. The second-order valence-electron chi connectivity index (χ2n) is 5.45. The first kappa shape index (κ1) is 15.7. The van der Waals surface area contributed by atoms with Gasteiger partial charge in [0, 0.05) is 11.4 Å². The van der Waals surface area contributed by atoms with Crippen LogP contribution in [0.1, 0.15) is 32.7 Å². The monoisotopic (exact) mass is 330 g/mol. The Balaban J connectivity index is 2.16. The van der Waals surface area contributed by atoms with Crippen molar-refractivity contribution in [3.63, 3.8) is 0 Å². The lowest BCUT2D eigenvalue weighted by atomic mass is 10.2. The zero-order valence-electron chi connectivity index (χ0n) is 13.2. The summed E-state index contributed by atoms with van der Waals surface area (Å²) in [7, 11) is 0. The van der Waals surface area contributed by atoms with E-state index in [1.165, 1.54) is 17.4 Å². The van der Waals surface area contributed by atoms with Crippen LogP contribution in [-0.2, 0) is 0 Å². The maximum Gasteiger partial charge on any atom is 0.190 e. The first-order chi connectivity index (χ1) is 11.2. The molecule has 0 aliphatic carbocycles. The summed E-state index contributed by atoms with van der Waals surface area (Å²) in [6.45, 7) is 4.31. The highest BCUT2D eigenvalue weighted by molar-refractivity contribution is 7.07. The third-order valence-electron chi connectivity index (χ3n) is 3.73. The van der Waals surface area contributed by atoms with Crippen LogP contribution >= 0.6 is 11.3 Å². The molecule has 3 rings (SSSR count). The number of hydrogen-bond donors (Lipinski definition) is 0. The Bertz CT molecular complexity index is 833. The van der Waals surface area contributed by atoms with Crippen LogP contribution in [-0.4, -0.2) is 4.57 Å². The smallest absolute Gasteiger partial charge is 0.190 e. The van der Waals surface area contributed by atoms with Gasteiger partial charge < -0.3 is 8.98 Å². The van der Waals surface area contributed by atoms with Crippen molar-refractivity contribution in [2.45, 2.75) is 32.7 Å². The zero-order chi connectivity index (χ0) is 16.2. The lowest BCUT2D eigenvalue weighted by Crippen LogP contribution is -2.19. The Morgan fingerprint density at radius 3 is 2.78 bits per heavy atom. The summed E-state index contributed by atoms with van der Waals surface area (Å²) in [5, 5.41) is 2.02. The number of para-hydroxylation sites is 1. The largest absolute Gasteiger partial charge is 0.463 e. The molecule has 1 aromatic carbocycles. The molecule has 3 nitrogen and oxygen atoms in total. The normalized spacial score (nSPS) is 13.4. The molecule has 1 atom stereocenters. The summed E-state index contributed by atoms with van der Waals surface area (Å²) in [4.78, 5) is 5.32. The molecule has 2 aromatic heterocycles. The van der Waals surface area contributed by atoms with E-state index in [2.05, 4.69) is 23.4 Å². The molecule has 0 aliphatic rings. The molecule has 0 aliphatic heterocycles. The van der Waals surface area contributed by atoms with Gasteiger partial charge in [-0.3, -0.25) is 0 Å². The first-order valence-corrected chi connectivity index (χ1v) is 8.61. The van der Waals surface area contributed by atoms with Gasteiger partial charge in [0.2, 0.25) is 0 Å². The molecule has 0 amide bonds. The highest BCUT2D eigenvalue weighted by atomic mass is 32.1. The van der Waals surface area contributed by atoms with E-state index in [-0.39, 0.29) is 11.9 Å². The molecule has 0 bridgehead atoms. The number of halogens is 1. The Morgan fingerprint density at radius 2 is 2.09 bits per heavy atom. The Kier molecular flexibility index (Phi) is 4.76. The van der Waals surface area contributed by atoms with Crippen molar-refractivity contribution in [2.75, 3.05) is 0 Å². The van der Waals surface area contributed by atoms with E-state index in [1.54, 1.807) is 24.5 Å². The molecule has 2 heterocycles. The van der Waals surface area contributed by atoms with Crippen molar-refractivity contribution < 1.29 is 8.81 Å². The van der Waals surface area contributed by atoms with Crippen molar-refractivity contribution in [1.29, 1.82) is 0 Å². The number of furan rings is 1. The van der Waals surface area contributed by atoms with Crippen molar-refractivity contribution in [1.82, 2.24) is 4.57 Å². The third-order valence-corrected chi connectivity index (χ3v) is 4.57.